The highest BCUT2D eigenvalue weighted by atomic mass is 35.5. The van der Waals surface area contributed by atoms with Crippen LogP contribution >= 0.6 is 11.6 Å². The lowest BCUT2D eigenvalue weighted by molar-refractivity contribution is 0.0952. The monoisotopic (exact) mass is 310 g/mol. The Morgan fingerprint density at radius 3 is 2.90 bits per heavy atom. The molecule has 0 aliphatic heterocycles. The van der Waals surface area contributed by atoms with Gasteiger partial charge >= 0.3 is 0 Å². The summed E-state index contributed by atoms with van der Waals surface area (Å²) in [5, 5.41) is 6.75. The minimum absolute atomic E-state index is 0.0802. The molecule has 0 spiro atoms. The first-order valence-corrected chi connectivity index (χ1v) is 7.13. The summed E-state index contributed by atoms with van der Waals surface area (Å²) >= 11 is 6.02. The second-order valence-electron chi connectivity index (χ2n) is 4.67. The number of carbonyl (C=O) groups is 1. The molecule has 1 amide bonds. The lowest BCUT2D eigenvalue weighted by atomic mass is 10.0. The van der Waals surface area contributed by atoms with E-state index in [1.807, 2.05) is 6.92 Å². The Bertz CT molecular complexity index is 635. The van der Waals surface area contributed by atoms with Gasteiger partial charge < -0.3 is 9.84 Å². The first-order chi connectivity index (χ1) is 10.1. The average molecular weight is 311 g/mol. The fourth-order valence-corrected chi connectivity index (χ4v) is 2.25. The minimum atomic E-state index is -0.543. The standard InChI is InChI=1S/C15H16ClFN2O2/c1-3-4-8-18-15(20)12-9(2)21-19-14(12)13-10(16)6-5-7-11(13)17/h5-7H,3-4,8H2,1-2H3,(H,18,20). The van der Waals surface area contributed by atoms with E-state index in [0.717, 1.165) is 12.8 Å². The van der Waals surface area contributed by atoms with E-state index in [1.165, 1.54) is 12.1 Å². The third kappa shape index (κ3) is 3.24. The largest absolute Gasteiger partial charge is 0.360 e. The van der Waals surface area contributed by atoms with Gasteiger partial charge in [-0.05, 0) is 25.5 Å². The number of nitrogens with one attached hydrogen (secondary N) is 1. The predicted molar refractivity (Wildman–Crippen MR) is 78.9 cm³/mol. The van der Waals surface area contributed by atoms with Gasteiger partial charge in [0.1, 0.15) is 22.8 Å². The van der Waals surface area contributed by atoms with Crippen molar-refractivity contribution in [3.8, 4) is 11.3 Å². The maximum absolute atomic E-state index is 14.0. The van der Waals surface area contributed by atoms with E-state index in [2.05, 4.69) is 10.5 Å². The zero-order chi connectivity index (χ0) is 15.4. The highest BCUT2D eigenvalue weighted by molar-refractivity contribution is 6.33. The van der Waals surface area contributed by atoms with Crippen LogP contribution in [-0.2, 0) is 0 Å². The van der Waals surface area contributed by atoms with Crippen LogP contribution in [0.25, 0.3) is 11.3 Å². The molecule has 2 aromatic rings. The maximum atomic E-state index is 14.0. The summed E-state index contributed by atoms with van der Waals surface area (Å²) in [6, 6.07) is 4.31. The van der Waals surface area contributed by atoms with E-state index in [-0.39, 0.29) is 27.8 Å². The van der Waals surface area contributed by atoms with Gasteiger partial charge in [0, 0.05) is 6.54 Å². The third-order valence-electron chi connectivity index (χ3n) is 3.11. The van der Waals surface area contributed by atoms with Gasteiger partial charge in [0.25, 0.3) is 5.91 Å². The van der Waals surface area contributed by atoms with Crippen LogP contribution in [0.4, 0.5) is 4.39 Å². The van der Waals surface area contributed by atoms with E-state index in [9.17, 15) is 9.18 Å². The molecule has 0 saturated carbocycles. The summed E-state index contributed by atoms with van der Waals surface area (Å²) < 4.78 is 19.0. The summed E-state index contributed by atoms with van der Waals surface area (Å²) in [5.74, 6) is -0.548. The molecule has 2 rings (SSSR count). The molecule has 1 aromatic carbocycles. The van der Waals surface area contributed by atoms with Crippen molar-refractivity contribution in [3.63, 3.8) is 0 Å². The lowest BCUT2D eigenvalue weighted by Crippen LogP contribution is -2.25. The van der Waals surface area contributed by atoms with Gasteiger partial charge in [-0.1, -0.05) is 36.2 Å². The van der Waals surface area contributed by atoms with Crippen LogP contribution in [0.5, 0.6) is 0 Å². The van der Waals surface area contributed by atoms with Crippen molar-refractivity contribution < 1.29 is 13.7 Å². The predicted octanol–water partition coefficient (Wildman–Crippen LogP) is 3.97. The maximum Gasteiger partial charge on any atom is 0.257 e. The van der Waals surface area contributed by atoms with Crippen LogP contribution in [0, 0.1) is 12.7 Å². The van der Waals surface area contributed by atoms with Gasteiger partial charge in [-0.15, -0.1) is 0 Å². The summed E-state index contributed by atoms with van der Waals surface area (Å²) in [6.45, 7) is 4.19. The number of unbranched alkanes of at least 4 members (excludes halogenated alkanes) is 1. The van der Waals surface area contributed by atoms with Crippen LogP contribution in [0.2, 0.25) is 5.02 Å². The normalized spacial score (nSPS) is 10.7. The number of benzene rings is 1. The average Bonchev–Trinajstić information content (AvgIpc) is 2.80. The molecule has 4 nitrogen and oxygen atoms in total. The lowest BCUT2D eigenvalue weighted by Gasteiger charge is -2.06. The van der Waals surface area contributed by atoms with Crippen LogP contribution in [0.3, 0.4) is 0 Å². The summed E-state index contributed by atoms with van der Waals surface area (Å²) in [5.41, 5.74) is 0.430. The number of rotatable bonds is 5. The molecular formula is C15H16ClFN2O2. The quantitative estimate of drug-likeness (QED) is 0.850. The molecular weight excluding hydrogens is 295 g/mol. The molecule has 112 valence electrons. The fourth-order valence-electron chi connectivity index (χ4n) is 2.00. The number of aromatic nitrogens is 1. The second-order valence-corrected chi connectivity index (χ2v) is 5.08. The van der Waals surface area contributed by atoms with E-state index >= 15 is 0 Å². The minimum Gasteiger partial charge on any atom is -0.360 e. The molecule has 0 saturated heterocycles. The molecule has 6 heteroatoms. The molecule has 0 aliphatic carbocycles. The number of halogens is 2. The molecule has 1 heterocycles. The Morgan fingerprint density at radius 2 is 2.24 bits per heavy atom. The summed E-state index contributed by atoms with van der Waals surface area (Å²) in [4.78, 5) is 12.2. The first kappa shape index (κ1) is 15.5. The van der Waals surface area contributed by atoms with Gasteiger partial charge in [0.2, 0.25) is 0 Å². The Balaban J connectivity index is 2.41. The second kappa shape index (κ2) is 6.72. The number of aryl methyl sites for hydroxylation is 1. The Hall–Kier alpha value is -1.88. The van der Waals surface area contributed by atoms with Crippen molar-refractivity contribution in [2.75, 3.05) is 6.54 Å². The van der Waals surface area contributed by atoms with Crippen molar-refractivity contribution in [1.82, 2.24) is 10.5 Å². The number of amides is 1. The van der Waals surface area contributed by atoms with Crippen molar-refractivity contribution in [2.24, 2.45) is 0 Å². The third-order valence-corrected chi connectivity index (χ3v) is 3.42. The van der Waals surface area contributed by atoms with Crippen LogP contribution in [0.1, 0.15) is 35.9 Å². The molecule has 0 unspecified atom stereocenters. The van der Waals surface area contributed by atoms with Crippen molar-refractivity contribution in [3.05, 3.63) is 40.4 Å². The zero-order valence-electron chi connectivity index (χ0n) is 11.9. The van der Waals surface area contributed by atoms with Crippen LogP contribution < -0.4 is 5.32 Å². The van der Waals surface area contributed by atoms with Crippen molar-refractivity contribution in [1.29, 1.82) is 0 Å². The van der Waals surface area contributed by atoms with Gasteiger partial charge in [-0.3, -0.25) is 4.79 Å². The number of hydrogen-bond acceptors (Lipinski definition) is 3. The molecule has 1 N–H and O–H groups in total. The molecule has 0 bridgehead atoms. The number of carbonyl (C=O) groups excluding carboxylic acids is 1. The fraction of sp³-hybridized carbons (Fsp3) is 0.333. The molecule has 0 aliphatic rings. The van der Waals surface area contributed by atoms with E-state index < -0.39 is 5.82 Å². The molecule has 0 atom stereocenters. The smallest absolute Gasteiger partial charge is 0.257 e. The number of hydrogen-bond donors (Lipinski definition) is 1. The van der Waals surface area contributed by atoms with Gasteiger partial charge in [-0.25, -0.2) is 4.39 Å². The Labute approximate surface area is 127 Å². The molecule has 0 radical (unpaired) electrons. The Morgan fingerprint density at radius 1 is 1.48 bits per heavy atom. The number of nitrogens with zero attached hydrogens (tertiary/aromatic N) is 1. The van der Waals surface area contributed by atoms with Gasteiger partial charge in [0.05, 0.1) is 10.6 Å². The van der Waals surface area contributed by atoms with E-state index in [1.54, 1.807) is 13.0 Å². The van der Waals surface area contributed by atoms with Crippen molar-refractivity contribution >= 4 is 17.5 Å². The zero-order valence-corrected chi connectivity index (χ0v) is 12.6. The summed E-state index contributed by atoms with van der Waals surface area (Å²) in [6.07, 6.45) is 1.83. The van der Waals surface area contributed by atoms with Crippen molar-refractivity contribution in [2.45, 2.75) is 26.7 Å². The summed E-state index contributed by atoms with van der Waals surface area (Å²) in [7, 11) is 0. The van der Waals surface area contributed by atoms with Gasteiger partial charge in [0.15, 0.2) is 0 Å². The van der Waals surface area contributed by atoms with Gasteiger partial charge in [-0.2, -0.15) is 0 Å². The molecule has 1 aromatic heterocycles. The van der Waals surface area contributed by atoms with E-state index in [0.29, 0.717) is 12.3 Å². The topological polar surface area (TPSA) is 55.1 Å². The van der Waals surface area contributed by atoms with E-state index in [4.69, 9.17) is 16.1 Å². The highest BCUT2D eigenvalue weighted by Gasteiger charge is 2.24. The SMILES string of the molecule is CCCCNC(=O)c1c(-c2c(F)cccc2Cl)noc1C. The Kier molecular flexibility index (Phi) is 4.96. The van der Waals surface area contributed by atoms with Crippen LogP contribution in [0.15, 0.2) is 22.7 Å². The first-order valence-electron chi connectivity index (χ1n) is 6.75. The molecule has 21 heavy (non-hydrogen) atoms. The molecule has 0 fully saturated rings. The van der Waals surface area contributed by atoms with Crippen LogP contribution in [-0.4, -0.2) is 17.6 Å². The highest BCUT2D eigenvalue weighted by Crippen LogP contribution is 2.33.